The Labute approximate surface area is 298 Å². The zero-order valence-corrected chi connectivity index (χ0v) is 29.6. The third-order valence-electron chi connectivity index (χ3n) is 8.37. The van der Waals surface area contributed by atoms with Gasteiger partial charge in [-0.3, -0.25) is 0 Å². The largest absolute Gasteiger partial charge is 0.374 e. The van der Waals surface area contributed by atoms with E-state index in [1.165, 1.54) is 0 Å². The van der Waals surface area contributed by atoms with Crippen molar-refractivity contribution in [2.24, 2.45) is 0 Å². The van der Waals surface area contributed by atoms with Gasteiger partial charge < -0.3 is 23.7 Å². The molecule has 0 radical (unpaired) electrons. The van der Waals surface area contributed by atoms with Crippen molar-refractivity contribution in [3.05, 3.63) is 173 Å². The second-order valence-corrected chi connectivity index (χ2v) is 16.1. The normalized spacial score (nSPS) is 20.8. The molecule has 1 saturated heterocycles. The van der Waals surface area contributed by atoms with Gasteiger partial charge in [0.2, 0.25) is 8.87 Å². The van der Waals surface area contributed by atoms with Gasteiger partial charge in [0.1, 0.15) is 29.9 Å². The van der Waals surface area contributed by atoms with Gasteiger partial charge in [-0.25, -0.2) is 8.42 Å². The maximum absolute atomic E-state index is 13.9. The van der Waals surface area contributed by atoms with Crippen LogP contribution in [0.5, 0.6) is 0 Å². The van der Waals surface area contributed by atoms with Crippen LogP contribution in [0, 0.1) is 6.92 Å². The van der Waals surface area contributed by atoms with E-state index in [1.54, 1.807) is 24.3 Å². The number of ether oxygens (including phenoxy) is 5. The van der Waals surface area contributed by atoms with Crippen molar-refractivity contribution in [3.8, 4) is 0 Å². The van der Waals surface area contributed by atoms with Crippen LogP contribution in [-0.2, 0) is 59.0 Å². The molecule has 260 valence electrons. The molecule has 1 aliphatic rings. The number of aryl methyl sites for hydroxylation is 1. The first-order valence-electron chi connectivity index (χ1n) is 16.7. The Bertz CT molecular complexity index is 1820. The molecule has 0 N–H and O–H groups in total. The summed E-state index contributed by atoms with van der Waals surface area (Å²) >= 11 is 0. The van der Waals surface area contributed by atoms with Crippen LogP contribution in [0.15, 0.2) is 150 Å². The summed E-state index contributed by atoms with van der Waals surface area (Å²) in [5.74, 6) is 0. The fourth-order valence-corrected chi connectivity index (χ4v) is 8.95. The minimum atomic E-state index is -3.87. The first-order chi connectivity index (χ1) is 24.4. The fourth-order valence-electron chi connectivity index (χ4n) is 5.71. The average Bonchev–Trinajstić information content (AvgIpc) is 3.15. The summed E-state index contributed by atoms with van der Waals surface area (Å²) in [4.78, 5) is 0.194. The van der Waals surface area contributed by atoms with Crippen molar-refractivity contribution in [2.75, 3.05) is 6.61 Å². The molecule has 0 saturated carbocycles. The Morgan fingerprint density at radius 2 is 0.960 bits per heavy atom. The van der Waals surface area contributed by atoms with E-state index in [1.807, 2.05) is 128 Å². The summed E-state index contributed by atoms with van der Waals surface area (Å²) in [6, 6.07) is 46.2. The van der Waals surface area contributed by atoms with Crippen LogP contribution < -0.4 is 0 Å². The van der Waals surface area contributed by atoms with E-state index in [4.69, 9.17) is 23.7 Å². The molecular weight excluding hydrogens is 669 g/mol. The van der Waals surface area contributed by atoms with Gasteiger partial charge >= 0.3 is 0 Å². The molecule has 1 aliphatic heterocycles. The van der Waals surface area contributed by atoms with Crippen molar-refractivity contribution < 1.29 is 32.1 Å². The molecule has 1 heterocycles. The Kier molecular flexibility index (Phi) is 12.9. The Hall–Kier alpha value is -3.80. The lowest BCUT2D eigenvalue weighted by atomic mass is 9.98. The Morgan fingerprint density at radius 3 is 1.44 bits per heavy atom. The van der Waals surface area contributed by atoms with Crippen molar-refractivity contribution >= 4 is 19.7 Å². The number of hydrogen-bond donors (Lipinski definition) is 0. The molecule has 5 aromatic rings. The maximum Gasteiger partial charge on any atom is 0.232 e. The molecule has 5 atom stereocenters. The predicted octanol–water partition coefficient (Wildman–Crippen LogP) is 8.11. The van der Waals surface area contributed by atoms with Crippen LogP contribution in [0.25, 0.3) is 0 Å². The molecule has 0 aromatic heterocycles. The van der Waals surface area contributed by atoms with E-state index >= 15 is 0 Å². The lowest BCUT2D eigenvalue weighted by molar-refractivity contribution is -0.254. The van der Waals surface area contributed by atoms with Crippen molar-refractivity contribution in [1.82, 2.24) is 0 Å². The number of benzene rings is 5. The predicted molar refractivity (Wildman–Crippen MR) is 196 cm³/mol. The molecule has 0 unspecified atom stereocenters. The van der Waals surface area contributed by atoms with Gasteiger partial charge in [0.15, 0.2) is 0 Å². The zero-order chi connectivity index (χ0) is 34.6. The highest BCUT2D eigenvalue weighted by molar-refractivity contribution is 8.72. The highest BCUT2D eigenvalue weighted by atomic mass is 33.1. The van der Waals surface area contributed by atoms with Crippen LogP contribution in [0.4, 0.5) is 0 Å². The van der Waals surface area contributed by atoms with Gasteiger partial charge in [0.25, 0.3) is 0 Å². The lowest BCUT2D eigenvalue weighted by Gasteiger charge is -2.45. The molecule has 5 aromatic carbocycles. The van der Waals surface area contributed by atoms with Crippen molar-refractivity contribution in [2.45, 2.75) is 68.1 Å². The monoisotopic (exact) mass is 710 g/mol. The molecular formula is C41H42O7S2. The summed E-state index contributed by atoms with van der Waals surface area (Å²) < 4.78 is 60.9. The van der Waals surface area contributed by atoms with Crippen LogP contribution >= 0.6 is 10.8 Å². The van der Waals surface area contributed by atoms with E-state index in [9.17, 15) is 8.42 Å². The van der Waals surface area contributed by atoms with E-state index < -0.39 is 38.7 Å². The Balaban J connectivity index is 1.35. The third kappa shape index (κ3) is 10.1. The Morgan fingerprint density at radius 1 is 0.540 bits per heavy atom. The molecule has 9 heteroatoms. The minimum Gasteiger partial charge on any atom is -0.374 e. The molecule has 6 rings (SSSR count). The molecule has 1 fully saturated rings. The fraction of sp³-hybridized carbons (Fsp3) is 0.268. The smallest absolute Gasteiger partial charge is 0.232 e. The second-order valence-electron chi connectivity index (χ2n) is 12.2. The van der Waals surface area contributed by atoms with E-state index in [-0.39, 0.29) is 24.7 Å². The molecule has 50 heavy (non-hydrogen) atoms. The molecule has 0 bridgehead atoms. The van der Waals surface area contributed by atoms with Crippen LogP contribution in [-0.4, -0.2) is 44.9 Å². The molecule has 0 spiro atoms. The van der Waals surface area contributed by atoms with Gasteiger partial charge in [-0.1, -0.05) is 139 Å². The number of hydrogen-bond acceptors (Lipinski definition) is 8. The van der Waals surface area contributed by atoms with Gasteiger partial charge in [-0.15, -0.1) is 0 Å². The van der Waals surface area contributed by atoms with Crippen molar-refractivity contribution in [1.29, 1.82) is 0 Å². The van der Waals surface area contributed by atoms with Gasteiger partial charge in [0, 0.05) is 10.8 Å². The zero-order valence-electron chi connectivity index (χ0n) is 28.0. The molecule has 0 amide bonds. The summed E-state index contributed by atoms with van der Waals surface area (Å²) in [5, 5.41) is 0. The highest BCUT2D eigenvalue weighted by Gasteiger charge is 2.50. The SMILES string of the molecule is Cc1ccc(S(=O)(=O)S[C@@H]2O[C@H](COCc3ccccc3)[C@@H](OCc3ccccc3)[C@H](OCc3ccccc3)[C@H]2OCc2ccccc2)cc1. The van der Waals surface area contributed by atoms with Crippen LogP contribution in [0.2, 0.25) is 0 Å². The van der Waals surface area contributed by atoms with E-state index in [0.717, 1.165) is 38.6 Å². The average molecular weight is 711 g/mol. The molecule has 7 nitrogen and oxygen atoms in total. The maximum atomic E-state index is 13.9. The van der Waals surface area contributed by atoms with Crippen molar-refractivity contribution in [3.63, 3.8) is 0 Å². The summed E-state index contributed by atoms with van der Waals surface area (Å²) in [6.45, 7) is 3.21. The van der Waals surface area contributed by atoms with Gasteiger partial charge in [-0.05, 0) is 41.3 Å². The minimum absolute atomic E-state index is 0.145. The van der Waals surface area contributed by atoms with Crippen LogP contribution in [0.1, 0.15) is 27.8 Å². The van der Waals surface area contributed by atoms with E-state index in [0.29, 0.717) is 13.2 Å². The third-order valence-corrected chi connectivity index (χ3v) is 12.0. The highest BCUT2D eigenvalue weighted by Crippen LogP contribution is 2.39. The first kappa shape index (κ1) is 36.0. The lowest BCUT2D eigenvalue weighted by Crippen LogP contribution is -2.60. The quantitative estimate of drug-likeness (QED) is 0.0951. The summed E-state index contributed by atoms with van der Waals surface area (Å²) in [6.07, 6.45) is -2.87. The number of rotatable bonds is 16. The van der Waals surface area contributed by atoms with Crippen LogP contribution in [0.3, 0.4) is 0 Å². The standard InChI is InChI=1S/C41H42O7S2/c1-31-22-24-36(25-23-31)50(42,43)49-41-40(47-29-35-20-12-5-13-21-35)39(46-28-34-18-10-4-11-19-34)38(45-27-33-16-8-3-9-17-33)37(48-41)30-44-26-32-14-6-2-7-15-32/h2-25,37-41H,26-30H2,1H3/t37-,38-,39+,40-,41+/m1/s1. The van der Waals surface area contributed by atoms with Gasteiger partial charge in [0.05, 0.1) is 37.9 Å². The molecule has 0 aliphatic carbocycles. The topological polar surface area (TPSA) is 80.3 Å². The summed E-state index contributed by atoms with van der Waals surface area (Å²) in [7, 11) is -3.13. The van der Waals surface area contributed by atoms with E-state index in [2.05, 4.69) is 0 Å². The second kappa shape index (κ2) is 17.9. The summed E-state index contributed by atoms with van der Waals surface area (Å²) in [5.41, 5.74) is 3.91. The van der Waals surface area contributed by atoms with Gasteiger partial charge in [-0.2, -0.15) is 0 Å². The first-order valence-corrected chi connectivity index (χ1v) is 19.6.